The van der Waals surface area contributed by atoms with Gasteiger partial charge in [0.2, 0.25) is 0 Å². The molecule has 0 unspecified atom stereocenters. The number of thioether (sulfide) groups is 1. The number of hydrogen-bond donors (Lipinski definition) is 2. The molecule has 0 aliphatic carbocycles. The second-order valence-electron chi connectivity index (χ2n) is 4.22. The molecule has 2 amide bonds. The largest absolute Gasteiger partial charge is 0.480 e. The molecule has 20 heavy (non-hydrogen) atoms. The summed E-state index contributed by atoms with van der Waals surface area (Å²) in [5.41, 5.74) is 0. The molecule has 0 bridgehead atoms. The predicted molar refractivity (Wildman–Crippen MR) is 77.7 cm³/mol. The first-order valence-corrected chi connectivity index (χ1v) is 7.77. The summed E-state index contributed by atoms with van der Waals surface area (Å²) in [6.07, 6.45) is 3.84. The summed E-state index contributed by atoms with van der Waals surface area (Å²) in [5, 5.41) is 11.6. The summed E-state index contributed by atoms with van der Waals surface area (Å²) >= 11 is 1.55. The highest BCUT2D eigenvalue weighted by atomic mass is 32.2. The Labute approximate surface area is 122 Å². The fourth-order valence-corrected chi connectivity index (χ4v) is 2.12. The summed E-state index contributed by atoms with van der Waals surface area (Å²) in [7, 11) is 0. The minimum atomic E-state index is -1.01. The average molecular weight is 300 g/mol. The van der Waals surface area contributed by atoms with Crippen molar-refractivity contribution in [3.05, 3.63) is 24.2 Å². The fraction of sp³-hybridized carbons (Fsp3) is 0.538. The van der Waals surface area contributed by atoms with Crippen LogP contribution < -0.4 is 5.32 Å². The van der Waals surface area contributed by atoms with E-state index in [1.165, 1.54) is 4.90 Å². The van der Waals surface area contributed by atoms with E-state index in [0.29, 0.717) is 31.0 Å². The van der Waals surface area contributed by atoms with Crippen LogP contribution in [0, 0.1) is 0 Å². The molecule has 6 nitrogen and oxygen atoms in total. The standard InChI is InChI=1S/C13H20N2O4S/c1-3-15(9-10-5-4-7-19-10)13(18)14-11(12(16)17)6-8-20-2/h4-5,7,11H,3,6,8-9H2,1-2H3,(H,14,18)(H,16,17)/t11-/m0/s1. The average Bonchev–Trinajstić information content (AvgIpc) is 2.93. The van der Waals surface area contributed by atoms with Crippen molar-refractivity contribution in [2.75, 3.05) is 18.6 Å². The molecule has 1 heterocycles. The zero-order valence-corrected chi connectivity index (χ0v) is 12.5. The molecule has 0 spiro atoms. The quantitative estimate of drug-likeness (QED) is 0.767. The van der Waals surface area contributed by atoms with Crippen LogP contribution in [0.3, 0.4) is 0 Å². The van der Waals surface area contributed by atoms with Gasteiger partial charge in [-0.25, -0.2) is 9.59 Å². The topological polar surface area (TPSA) is 82.8 Å². The third-order valence-corrected chi connectivity index (χ3v) is 3.45. The second kappa shape index (κ2) is 8.52. The molecule has 7 heteroatoms. The Bertz CT molecular complexity index is 422. The van der Waals surface area contributed by atoms with Gasteiger partial charge in [0, 0.05) is 6.54 Å². The Hall–Kier alpha value is -1.63. The van der Waals surface area contributed by atoms with Gasteiger partial charge in [0.05, 0.1) is 12.8 Å². The lowest BCUT2D eigenvalue weighted by Crippen LogP contribution is -2.47. The maximum Gasteiger partial charge on any atom is 0.326 e. The molecule has 1 aromatic heterocycles. The SMILES string of the molecule is CCN(Cc1ccco1)C(=O)N[C@@H](CCSC)C(=O)O. The molecule has 0 saturated carbocycles. The molecule has 0 saturated heterocycles. The minimum Gasteiger partial charge on any atom is -0.480 e. The Balaban J connectivity index is 2.58. The zero-order valence-electron chi connectivity index (χ0n) is 11.7. The molecule has 0 fully saturated rings. The molecule has 0 aliphatic rings. The Morgan fingerprint density at radius 1 is 1.55 bits per heavy atom. The number of amides is 2. The van der Waals surface area contributed by atoms with Crippen molar-refractivity contribution >= 4 is 23.8 Å². The number of nitrogens with zero attached hydrogens (tertiary/aromatic N) is 1. The van der Waals surface area contributed by atoms with Crippen molar-refractivity contribution in [2.45, 2.75) is 25.9 Å². The first-order valence-electron chi connectivity index (χ1n) is 6.38. The molecule has 1 atom stereocenters. The minimum absolute atomic E-state index is 0.324. The number of carboxylic acid groups (broad SMARTS) is 1. The van der Waals surface area contributed by atoms with Crippen LogP contribution >= 0.6 is 11.8 Å². The van der Waals surface area contributed by atoms with E-state index >= 15 is 0 Å². The van der Waals surface area contributed by atoms with Crippen molar-refractivity contribution in [2.24, 2.45) is 0 Å². The van der Waals surface area contributed by atoms with Gasteiger partial charge >= 0.3 is 12.0 Å². The second-order valence-corrected chi connectivity index (χ2v) is 5.20. The van der Waals surface area contributed by atoms with E-state index in [2.05, 4.69) is 5.32 Å². The number of hydrogen-bond acceptors (Lipinski definition) is 4. The predicted octanol–water partition coefficient (Wildman–Crippen LogP) is 2.02. The van der Waals surface area contributed by atoms with E-state index in [1.54, 1.807) is 30.2 Å². The first-order chi connectivity index (χ1) is 9.58. The third-order valence-electron chi connectivity index (χ3n) is 2.80. The van der Waals surface area contributed by atoms with Crippen LogP contribution in [0.25, 0.3) is 0 Å². The van der Waals surface area contributed by atoms with Crippen LogP contribution in [0.4, 0.5) is 4.79 Å². The summed E-state index contributed by atoms with van der Waals surface area (Å²) < 4.78 is 5.19. The maximum absolute atomic E-state index is 12.1. The van der Waals surface area contributed by atoms with Gasteiger partial charge < -0.3 is 19.7 Å². The number of carbonyl (C=O) groups excluding carboxylic acids is 1. The third kappa shape index (κ3) is 5.16. The first kappa shape index (κ1) is 16.4. The van der Waals surface area contributed by atoms with Gasteiger partial charge in [0.1, 0.15) is 11.8 Å². The highest BCUT2D eigenvalue weighted by Gasteiger charge is 2.22. The molecule has 112 valence electrons. The highest BCUT2D eigenvalue weighted by Crippen LogP contribution is 2.07. The number of carboxylic acids is 1. The van der Waals surface area contributed by atoms with Gasteiger partial charge in [0.15, 0.2) is 0 Å². The van der Waals surface area contributed by atoms with E-state index in [4.69, 9.17) is 9.52 Å². The van der Waals surface area contributed by atoms with Crippen molar-refractivity contribution in [1.29, 1.82) is 0 Å². The van der Waals surface area contributed by atoms with Gasteiger partial charge in [-0.1, -0.05) is 0 Å². The highest BCUT2D eigenvalue weighted by molar-refractivity contribution is 7.98. The lowest BCUT2D eigenvalue weighted by Gasteiger charge is -2.23. The number of carbonyl (C=O) groups is 2. The molecular formula is C13H20N2O4S. The molecule has 1 aromatic rings. The van der Waals surface area contributed by atoms with Crippen LogP contribution in [-0.2, 0) is 11.3 Å². The molecule has 0 aromatic carbocycles. The normalized spacial score (nSPS) is 11.9. The van der Waals surface area contributed by atoms with Gasteiger partial charge in [0.25, 0.3) is 0 Å². The van der Waals surface area contributed by atoms with E-state index in [1.807, 2.05) is 13.2 Å². The lowest BCUT2D eigenvalue weighted by atomic mass is 10.2. The van der Waals surface area contributed by atoms with Crippen LogP contribution in [0.5, 0.6) is 0 Å². The van der Waals surface area contributed by atoms with E-state index in [-0.39, 0.29) is 0 Å². The Morgan fingerprint density at radius 3 is 2.80 bits per heavy atom. The number of rotatable bonds is 8. The van der Waals surface area contributed by atoms with Gasteiger partial charge in [-0.05, 0) is 37.5 Å². The lowest BCUT2D eigenvalue weighted by molar-refractivity contribution is -0.139. The fourth-order valence-electron chi connectivity index (χ4n) is 1.65. The summed E-state index contributed by atoms with van der Waals surface area (Å²) in [6, 6.07) is 2.27. The molecule has 0 aliphatic heterocycles. The smallest absolute Gasteiger partial charge is 0.326 e. The van der Waals surface area contributed by atoms with Crippen LogP contribution in [-0.4, -0.2) is 46.6 Å². The Morgan fingerprint density at radius 2 is 2.30 bits per heavy atom. The maximum atomic E-state index is 12.1. The number of aliphatic carboxylic acids is 1. The van der Waals surface area contributed by atoms with Crippen LogP contribution in [0.2, 0.25) is 0 Å². The Kier molecular flexibility index (Phi) is 7.00. The molecular weight excluding hydrogens is 280 g/mol. The van der Waals surface area contributed by atoms with Gasteiger partial charge in [-0.3, -0.25) is 0 Å². The van der Waals surface area contributed by atoms with Crippen molar-refractivity contribution < 1.29 is 19.1 Å². The molecule has 2 N–H and O–H groups in total. The summed E-state index contributed by atoms with van der Waals surface area (Å²) in [4.78, 5) is 24.7. The number of urea groups is 1. The van der Waals surface area contributed by atoms with Gasteiger partial charge in [-0.15, -0.1) is 0 Å². The summed E-state index contributed by atoms with van der Waals surface area (Å²) in [6.45, 7) is 2.63. The number of nitrogens with one attached hydrogen (secondary N) is 1. The van der Waals surface area contributed by atoms with Crippen molar-refractivity contribution in [3.8, 4) is 0 Å². The van der Waals surface area contributed by atoms with Crippen LogP contribution in [0.1, 0.15) is 19.1 Å². The van der Waals surface area contributed by atoms with E-state index in [9.17, 15) is 9.59 Å². The monoisotopic (exact) mass is 300 g/mol. The van der Waals surface area contributed by atoms with Gasteiger partial charge in [-0.2, -0.15) is 11.8 Å². The van der Waals surface area contributed by atoms with Crippen molar-refractivity contribution in [3.63, 3.8) is 0 Å². The van der Waals surface area contributed by atoms with E-state index in [0.717, 1.165) is 0 Å². The van der Waals surface area contributed by atoms with E-state index < -0.39 is 18.0 Å². The van der Waals surface area contributed by atoms with Crippen LogP contribution in [0.15, 0.2) is 22.8 Å². The summed E-state index contributed by atoms with van der Waals surface area (Å²) in [5.74, 6) is 0.334. The molecule has 0 radical (unpaired) electrons. The van der Waals surface area contributed by atoms with Crippen molar-refractivity contribution in [1.82, 2.24) is 10.2 Å². The molecule has 1 rings (SSSR count). The zero-order chi connectivity index (χ0) is 15.0. The number of furan rings is 1.